The van der Waals surface area contributed by atoms with E-state index in [0.717, 1.165) is 11.1 Å². The van der Waals surface area contributed by atoms with Crippen molar-refractivity contribution in [2.24, 2.45) is 0 Å². The molecule has 0 saturated heterocycles. The van der Waals surface area contributed by atoms with E-state index in [-0.39, 0.29) is 12.3 Å². The minimum atomic E-state index is -0.178. The molecule has 1 N–H and O–H groups in total. The summed E-state index contributed by atoms with van der Waals surface area (Å²) in [5.41, 5.74) is 2.57. The lowest BCUT2D eigenvalue weighted by atomic mass is 10.1. The number of rotatable bonds is 7. The molecular weight excluding hydrogens is 416 g/mol. The summed E-state index contributed by atoms with van der Waals surface area (Å²) in [6, 6.07) is 18.2. The van der Waals surface area contributed by atoms with E-state index in [2.05, 4.69) is 20.5 Å². The summed E-state index contributed by atoms with van der Waals surface area (Å²) in [4.78, 5) is 16.4. The molecule has 0 aliphatic rings. The number of nitrogens with zero attached hydrogens (tertiary/aromatic N) is 3. The average molecular weight is 435 g/mol. The van der Waals surface area contributed by atoms with Gasteiger partial charge >= 0.3 is 0 Å². The standard InChI is InChI=1S/C23H19ClN4O3/c1-15-2-4-16(5-3-15)23-28-27-22(31-23)13-11-20(29)26-18-8-12-21(25-14-18)30-19-9-6-17(24)7-10-19/h2-10,12,14H,11,13H2,1H3,(H,26,29). The topological polar surface area (TPSA) is 90.1 Å². The monoisotopic (exact) mass is 434 g/mol. The molecule has 2 heterocycles. The molecule has 0 fully saturated rings. The fourth-order valence-electron chi connectivity index (χ4n) is 2.75. The van der Waals surface area contributed by atoms with Gasteiger partial charge in [-0.25, -0.2) is 4.98 Å². The van der Waals surface area contributed by atoms with Crippen LogP contribution in [0.2, 0.25) is 5.02 Å². The van der Waals surface area contributed by atoms with Crippen molar-refractivity contribution < 1.29 is 13.9 Å². The number of amides is 1. The van der Waals surface area contributed by atoms with Crippen molar-refractivity contribution in [3.63, 3.8) is 0 Å². The lowest BCUT2D eigenvalue weighted by Crippen LogP contribution is -2.12. The van der Waals surface area contributed by atoms with E-state index in [1.807, 2.05) is 31.2 Å². The van der Waals surface area contributed by atoms with Gasteiger partial charge in [0.15, 0.2) is 0 Å². The zero-order chi connectivity index (χ0) is 21.6. The van der Waals surface area contributed by atoms with Gasteiger partial charge < -0.3 is 14.5 Å². The Bertz CT molecular complexity index is 1160. The first-order valence-electron chi connectivity index (χ1n) is 9.64. The molecule has 0 radical (unpaired) electrons. The number of hydrogen-bond donors (Lipinski definition) is 1. The number of carbonyl (C=O) groups excluding carboxylic acids is 1. The van der Waals surface area contributed by atoms with E-state index in [4.69, 9.17) is 20.8 Å². The van der Waals surface area contributed by atoms with Gasteiger partial charge in [-0.05, 0) is 49.4 Å². The summed E-state index contributed by atoms with van der Waals surface area (Å²) in [6.45, 7) is 2.01. The fraction of sp³-hybridized carbons (Fsp3) is 0.130. The Kier molecular flexibility index (Phi) is 6.24. The maximum Gasteiger partial charge on any atom is 0.247 e. The smallest absolute Gasteiger partial charge is 0.247 e. The van der Waals surface area contributed by atoms with Crippen molar-refractivity contribution in [2.75, 3.05) is 5.32 Å². The van der Waals surface area contributed by atoms with E-state index in [1.54, 1.807) is 36.4 Å². The summed E-state index contributed by atoms with van der Waals surface area (Å²) in [6.07, 6.45) is 2.08. The molecule has 0 bridgehead atoms. The number of nitrogens with one attached hydrogen (secondary N) is 1. The molecule has 7 nitrogen and oxygen atoms in total. The molecule has 156 valence electrons. The quantitative estimate of drug-likeness (QED) is 0.415. The highest BCUT2D eigenvalue weighted by Crippen LogP contribution is 2.22. The predicted molar refractivity (Wildman–Crippen MR) is 117 cm³/mol. The van der Waals surface area contributed by atoms with Gasteiger partial charge in [-0.1, -0.05) is 29.3 Å². The highest BCUT2D eigenvalue weighted by atomic mass is 35.5. The van der Waals surface area contributed by atoms with E-state index >= 15 is 0 Å². The first-order valence-corrected chi connectivity index (χ1v) is 10.0. The summed E-state index contributed by atoms with van der Waals surface area (Å²) >= 11 is 5.86. The van der Waals surface area contributed by atoms with Crippen molar-refractivity contribution in [3.8, 4) is 23.1 Å². The number of hydrogen-bond acceptors (Lipinski definition) is 6. The van der Waals surface area contributed by atoms with Crippen LogP contribution in [0.4, 0.5) is 5.69 Å². The van der Waals surface area contributed by atoms with Crippen LogP contribution < -0.4 is 10.1 Å². The average Bonchev–Trinajstić information content (AvgIpc) is 3.25. The van der Waals surface area contributed by atoms with Crippen molar-refractivity contribution in [1.82, 2.24) is 15.2 Å². The molecule has 31 heavy (non-hydrogen) atoms. The molecule has 8 heteroatoms. The van der Waals surface area contributed by atoms with Gasteiger partial charge in [-0.2, -0.15) is 0 Å². The van der Waals surface area contributed by atoms with Gasteiger partial charge in [0.05, 0.1) is 11.9 Å². The van der Waals surface area contributed by atoms with E-state index < -0.39 is 0 Å². The first-order chi connectivity index (χ1) is 15.0. The molecule has 4 aromatic rings. The third-order valence-corrected chi connectivity index (χ3v) is 4.64. The SMILES string of the molecule is Cc1ccc(-c2nnc(CCC(=O)Nc3ccc(Oc4ccc(Cl)cc4)nc3)o2)cc1. The maximum atomic E-state index is 12.2. The molecule has 0 atom stereocenters. The molecule has 2 aromatic carbocycles. The van der Waals surface area contributed by atoms with E-state index in [9.17, 15) is 4.79 Å². The van der Waals surface area contributed by atoms with Crippen molar-refractivity contribution in [1.29, 1.82) is 0 Å². The summed E-state index contributed by atoms with van der Waals surface area (Å²) in [5.74, 6) is 1.71. The van der Waals surface area contributed by atoms with Crippen LogP contribution >= 0.6 is 11.6 Å². The number of ether oxygens (including phenoxy) is 1. The summed E-state index contributed by atoms with van der Waals surface area (Å²) < 4.78 is 11.3. The first kappa shape index (κ1) is 20.6. The lowest BCUT2D eigenvalue weighted by Gasteiger charge is -2.07. The molecule has 0 aliphatic carbocycles. The number of anilines is 1. The Labute approximate surface area is 184 Å². The highest BCUT2D eigenvalue weighted by Gasteiger charge is 2.11. The van der Waals surface area contributed by atoms with Crippen LogP contribution in [0.1, 0.15) is 17.9 Å². The second-order valence-electron chi connectivity index (χ2n) is 6.86. The van der Waals surface area contributed by atoms with Gasteiger partial charge in [-0.15, -0.1) is 10.2 Å². The molecule has 1 amide bonds. The van der Waals surface area contributed by atoms with Gasteiger partial charge in [-0.3, -0.25) is 4.79 Å². The van der Waals surface area contributed by atoms with Crippen molar-refractivity contribution in [3.05, 3.63) is 83.3 Å². The Hall–Kier alpha value is -3.71. The Morgan fingerprint density at radius 1 is 1.03 bits per heavy atom. The molecule has 0 unspecified atom stereocenters. The second kappa shape index (κ2) is 9.40. The van der Waals surface area contributed by atoms with Gasteiger partial charge in [0, 0.05) is 29.5 Å². The molecule has 2 aromatic heterocycles. The van der Waals surface area contributed by atoms with Gasteiger partial charge in [0.1, 0.15) is 5.75 Å². The predicted octanol–water partition coefficient (Wildman–Crippen LogP) is 5.46. The zero-order valence-electron chi connectivity index (χ0n) is 16.7. The third kappa shape index (κ3) is 5.67. The second-order valence-corrected chi connectivity index (χ2v) is 7.29. The number of halogens is 1. The molecule has 0 aliphatic heterocycles. The van der Waals surface area contributed by atoms with Crippen LogP contribution in [0.5, 0.6) is 11.6 Å². The van der Waals surface area contributed by atoms with Crippen molar-refractivity contribution in [2.45, 2.75) is 19.8 Å². The van der Waals surface area contributed by atoms with Crippen LogP contribution in [0.3, 0.4) is 0 Å². The fourth-order valence-corrected chi connectivity index (χ4v) is 2.88. The highest BCUT2D eigenvalue weighted by molar-refractivity contribution is 6.30. The van der Waals surface area contributed by atoms with Crippen LogP contribution in [-0.2, 0) is 11.2 Å². The number of aromatic nitrogens is 3. The van der Waals surface area contributed by atoms with Crippen LogP contribution in [0, 0.1) is 6.92 Å². The molecule has 0 spiro atoms. The number of pyridine rings is 1. The molecule has 0 saturated carbocycles. The minimum Gasteiger partial charge on any atom is -0.439 e. The van der Waals surface area contributed by atoms with Crippen molar-refractivity contribution >= 4 is 23.2 Å². The largest absolute Gasteiger partial charge is 0.439 e. The number of benzene rings is 2. The van der Waals surface area contributed by atoms with E-state index in [0.29, 0.717) is 40.5 Å². The maximum absolute atomic E-state index is 12.2. The Morgan fingerprint density at radius 3 is 2.52 bits per heavy atom. The Balaban J connectivity index is 1.28. The summed E-state index contributed by atoms with van der Waals surface area (Å²) in [7, 11) is 0. The van der Waals surface area contributed by atoms with Gasteiger partial charge in [0.2, 0.25) is 23.6 Å². The molecule has 4 rings (SSSR count). The van der Waals surface area contributed by atoms with E-state index in [1.165, 1.54) is 6.20 Å². The lowest BCUT2D eigenvalue weighted by molar-refractivity contribution is -0.116. The normalized spacial score (nSPS) is 10.6. The zero-order valence-corrected chi connectivity index (χ0v) is 17.5. The summed E-state index contributed by atoms with van der Waals surface area (Å²) in [5, 5.41) is 11.5. The van der Waals surface area contributed by atoms with Gasteiger partial charge in [0.25, 0.3) is 0 Å². The number of carbonyl (C=O) groups is 1. The number of aryl methyl sites for hydroxylation is 2. The Morgan fingerprint density at radius 2 is 1.81 bits per heavy atom. The van der Waals surface area contributed by atoms with Crippen LogP contribution in [0.25, 0.3) is 11.5 Å². The molecular formula is C23H19ClN4O3. The third-order valence-electron chi connectivity index (χ3n) is 4.39. The van der Waals surface area contributed by atoms with Crippen LogP contribution in [-0.4, -0.2) is 21.1 Å². The van der Waals surface area contributed by atoms with Crippen LogP contribution in [0.15, 0.2) is 71.3 Å². The minimum absolute atomic E-state index is 0.178.